The number of hydrogen-bond donors (Lipinski definition) is 0. The topological polar surface area (TPSA) is 30.0 Å². The van der Waals surface area contributed by atoms with Crippen molar-refractivity contribution in [3.63, 3.8) is 0 Å². The van der Waals surface area contributed by atoms with Gasteiger partial charge in [0.05, 0.1) is 6.54 Å². The number of hydrogen-bond acceptors (Lipinski definition) is 4. The van der Waals surface area contributed by atoms with Crippen LogP contribution in [0.2, 0.25) is 0 Å². The molecule has 0 bridgehead atoms. The molecule has 0 radical (unpaired) electrons. The first-order chi connectivity index (χ1) is 16.3. The molecule has 0 N–H and O–H groups in total. The molecule has 0 aliphatic carbocycles. The fourth-order valence-corrected chi connectivity index (χ4v) is 6.82. The van der Waals surface area contributed by atoms with Crippen LogP contribution in [0.15, 0.2) is 30.3 Å². The van der Waals surface area contributed by atoms with E-state index >= 15 is 0 Å². The minimum absolute atomic E-state index is 0.370. The second-order valence-corrected chi connectivity index (χ2v) is 10.9. The van der Waals surface area contributed by atoms with Crippen molar-refractivity contribution in [2.24, 2.45) is 0 Å². The lowest BCUT2D eigenvalue weighted by Crippen LogP contribution is -2.52. The number of benzene rings is 1. The Hall–Kier alpha value is -1.43. The average Bonchev–Trinajstić information content (AvgIpc) is 2.90. The molecule has 0 unspecified atom stereocenters. The Morgan fingerprint density at radius 3 is 1.88 bits per heavy atom. The largest absolute Gasteiger partial charge is 0.341 e. The van der Waals surface area contributed by atoms with E-state index in [4.69, 9.17) is 0 Å². The van der Waals surface area contributed by atoms with Crippen LogP contribution in [0.25, 0.3) is 0 Å². The van der Waals surface area contributed by atoms with Gasteiger partial charge in [0.2, 0.25) is 5.91 Å². The van der Waals surface area contributed by atoms with Crippen LogP contribution in [0.4, 0.5) is 0 Å². The van der Waals surface area contributed by atoms with Gasteiger partial charge in [-0.25, -0.2) is 0 Å². The maximum absolute atomic E-state index is 13.0. The van der Waals surface area contributed by atoms with Gasteiger partial charge >= 0.3 is 0 Å². The monoisotopic (exact) mass is 452 g/mol. The predicted octanol–water partition coefficient (Wildman–Crippen LogP) is 3.81. The molecule has 0 atom stereocenters. The Kier molecular flexibility index (Phi) is 8.01. The molecular formula is C28H44N4O. The predicted molar refractivity (Wildman–Crippen MR) is 134 cm³/mol. The molecule has 4 heterocycles. The van der Waals surface area contributed by atoms with E-state index in [1.165, 1.54) is 89.5 Å². The summed E-state index contributed by atoms with van der Waals surface area (Å²) in [5, 5.41) is 0. The Morgan fingerprint density at radius 2 is 1.24 bits per heavy atom. The first kappa shape index (κ1) is 23.3. The van der Waals surface area contributed by atoms with Gasteiger partial charge < -0.3 is 14.7 Å². The number of likely N-dealkylation sites (tertiary alicyclic amines) is 4. The van der Waals surface area contributed by atoms with Crippen molar-refractivity contribution in [1.29, 1.82) is 0 Å². The zero-order chi connectivity index (χ0) is 22.5. The van der Waals surface area contributed by atoms with Gasteiger partial charge in [-0.05, 0) is 89.0 Å². The first-order valence-corrected chi connectivity index (χ1v) is 13.8. The second kappa shape index (κ2) is 11.3. The number of nitrogens with zero attached hydrogens (tertiary/aromatic N) is 4. The van der Waals surface area contributed by atoms with E-state index in [2.05, 4.69) is 49.9 Å². The summed E-state index contributed by atoms with van der Waals surface area (Å²) in [7, 11) is 0. The summed E-state index contributed by atoms with van der Waals surface area (Å²) < 4.78 is 0. The number of carbonyl (C=O) groups is 1. The Morgan fingerprint density at radius 1 is 0.667 bits per heavy atom. The molecule has 5 nitrogen and oxygen atoms in total. The Labute approximate surface area is 201 Å². The standard InChI is InChI=1S/C28H44N4O/c33-28(32-21-13-27(14-22-32)30-15-5-2-6-16-30)23-29-17-11-26(12-18-29)31-19-9-25(10-20-31)24-7-3-1-4-8-24/h1,3-4,7-8,25-27H,2,5-6,9-23H2. The molecule has 1 aromatic rings. The Bertz CT molecular complexity index is 726. The second-order valence-electron chi connectivity index (χ2n) is 10.9. The third-order valence-corrected chi connectivity index (χ3v) is 8.96. The quantitative estimate of drug-likeness (QED) is 0.680. The van der Waals surface area contributed by atoms with Gasteiger partial charge in [0.1, 0.15) is 0 Å². The Balaban J connectivity index is 1.00. The van der Waals surface area contributed by atoms with E-state index in [1.54, 1.807) is 0 Å². The highest BCUT2D eigenvalue weighted by atomic mass is 16.2. The van der Waals surface area contributed by atoms with Crippen LogP contribution < -0.4 is 0 Å². The van der Waals surface area contributed by atoms with Gasteiger partial charge in [-0.15, -0.1) is 0 Å². The molecule has 4 aliphatic heterocycles. The summed E-state index contributed by atoms with van der Waals surface area (Å²) >= 11 is 0. The molecule has 0 aromatic heterocycles. The fraction of sp³-hybridized carbons (Fsp3) is 0.750. The summed E-state index contributed by atoms with van der Waals surface area (Å²) in [4.78, 5) is 23.0. The molecule has 0 spiro atoms. The summed E-state index contributed by atoms with van der Waals surface area (Å²) in [6, 6.07) is 12.5. The molecule has 4 fully saturated rings. The average molecular weight is 453 g/mol. The van der Waals surface area contributed by atoms with Gasteiger partial charge in [-0.2, -0.15) is 0 Å². The first-order valence-electron chi connectivity index (χ1n) is 13.8. The number of amides is 1. The van der Waals surface area contributed by atoms with E-state index in [1.807, 2.05) is 0 Å². The lowest BCUT2D eigenvalue weighted by atomic mass is 9.88. The van der Waals surface area contributed by atoms with Crippen LogP contribution in [0, 0.1) is 0 Å². The van der Waals surface area contributed by atoms with Gasteiger partial charge in [0, 0.05) is 38.3 Å². The van der Waals surface area contributed by atoms with E-state index in [0.29, 0.717) is 18.5 Å². The molecule has 1 aromatic carbocycles. The van der Waals surface area contributed by atoms with Crippen molar-refractivity contribution < 1.29 is 4.79 Å². The molecule has 5 rings (SSSR count). The summed E-state index contributed by atoms with van der Waals surface area (Å²) in [6.45, 7) is 9.74. The SMILES string of the molecule is O=C(CN1CCC(N2CCC(c3ccccc3)CC2)CC1)N1CCC(N2CCCCC2)CC1. The molecule has 0 saturated carbocycles. The van der Waals surface area contributed by atoms with Crippen molar-refractivity contribution in [2.75, 3.05) is 58.9 Å². The van der Waals surface area contributed by atoms with Crippen LogP contribution in [0.1, 0.15) is 69.3 Å². The highest BCUT2D eigenvalue weighted by Crippen LogP contribution is 2.30. The molecule has 33 heavy (non-hydrogen) atoms. The van der Waals surface area contributed by atoms with Crippen molar-refractivity contribution in [1.82, 2.24) is 19.6 Å². The van der Waals surface area contributed by atoms with Crippen LogP contribution in [-0.4, -0.2) is 96.5 Å². The minimum Gasteiger partial charge on any atom is -0.341 e. The summed E-state index contributed by atoms with van der Waals surface area (Å²) in [5.41, 5.74) is 1.52. The van der Waals surface area contributed by atoms with Crippen LogP contribution in [-0.2, 0) is 4.79 Å². The van der Waals surface area contributed by atoms with Crippen LogP contribution >= 0.6 is 0 Å². The van der Waals surface area contributed by atoms with Gasteiger partial charge in [-0.3, -0.25) is 9.69 Å². The van der Waals surface area contributed by atoms with E-state index in [9.17, 15) is 4.79 Å². The van der Waals surface area contributed by atoms with Crippen molar-refractivity contribution in [3.8, 4) is 0 Å². The van der Waals surface area contributed by atoms with Crippen LogP contribution in [0.3, 0.4) is 0 Å². The maximum Gasteiger partial charge on any atom is 0.236 e. The highest BCUT2D eigenvalue weighted by Gasteiger charge is 2.31. The molecule has 5 heteroatoms. The van der Waals surface area contributed by atoms with Crippen molar-refractivity contribution >= 4 is 5.91 Å². The third kappa shape index (κ3) is 5.98. The van der Waals surface area contributed by atoms with Gasteiger partial charge in [-0.1, -0.05) is 36.8 Å². The van der Waals surface area contributed by atoms with E-state index in [-0.39, 0.29) is 0 Å². The smallest absolute Gasteiger partial charge is 0.236 e. The van der Waals surface area contributed by atoms with Gasteiger partial charge in [0.15, 0.2) is 0 Å². The molecular weight excluding hydrogens is 408 g/mol. The normalized spacial score (nSPS) is 26.0. The molecule has 4 aliphatic rings. The number of carbonyl (C=O) groups excluding carboxylic acids is 1. The summed E-state index contributed by atoms with van der Waals surface area (Å²) in [6.07, 6.45) is 11.5. The van der Waals surface area contributed by atoms with E-state index in [0.717, 1.165) is 38.1 Å². The lowest BCUT2D eigenvalue weighted by Gasteiger charge is -2.43. The third-order valence-electron chi connectivity index (χ3n) is 8.96. The summed E-state index contributed by atoms with van der Waals surface area (Å²) in [5.74, 6) is 1.11. The molecule has 182 valence electrons. The van der Waals surface area contributed by atoms with Crippen LogP contribution in [0.5, 0.6) is 0 Å². The molecule has 1 amide bonds. The number of rotatable bonds is 5. The zero-order valence-electron chi connectivity index (χ0n) is 20.5. The lowest BCUT2D eigenvalue weighted by molar-refractivity contribution is -0.134. The minimum atomic E-state index is 0.370. The zero-order valence-corrected chi connectivity index (χ0v) is 20.5. The van der Waals surface area contributed by atoms with Crippen molar-refractivity contribution in [3.05, 3.63) is 35.9 Å². The van der Waals surface area contributed by atoms with E-state index < -0.39 is 0 Å². The maximum atomic E-state index is 13.0. The fourth-order valence-electron chi connectivity index (χ4n) is 6.82. The van der Waals surface area contributed by atoms with Crippen molar-refractivity contribution in [2.45, 2.75) is 75.8 Å². The molecule has 4 saturated heterocycles. The van der Waals surface area contributed by atoms with Gasteiger partial charge in [0.25, 0.3) is 0 Å². The number of piperidine rings is 4. The highest BCUT2D eigenvalue weighted by molar-refractivity contribution is 5.78.